The second-order valence-electron chi connectivity index (χ2n) is 3.92. The zero-order valence-electron chi connectivity index (χ0n) is 8.59. The van der Waals surface area contributed by atoms with E-state index in [1.54, 1.807) is 18.3 Å². The van der Waals surface area contributed by atoms with Gasteiger partial charge in [0.2, 0.25) is 0 Å². The second kappa shape index (κ2) is 4.30. The van der Waals surface area contributed by atoms with Crippen molar-refractivity contribution in [2.75, 3.05) is 0 Å². The number of aliphatic carboxylic acids is 1. The fourth-order valence-electron chi connectivity index (χ4n) is 1.70. The summed E-state index contributed by atoms with van der Waals surface area (Å²) in [6.07, 6.45) is 4.12. The van der Waals surface area contributed by atoms with Crippen LogP contribution in [0.3, 0.4) is 0 Å². The maximum Gasteiger partial charge on any atom is 0.306 e. The van der Waals surface area contributed by atoms with Crippen molar-refractivity contribution in [3.63, 3.8) is 0 Å². The van der Waals surface area contributed by atoms with Crippen molar-refractivity contribution in [2.45, 2.75) is 18.9 Å². The van der Waals surface area contributed by atoms with Crippen LogP contribution in [0.1, 0.15) is 23.2 Å². The van der Waals surface area contributed by atoms with Crippen LogP contribution in [0.5, 0.6) is 0 Å². The van der Waals surface area contributed by atoms with Gasteiger partial charge in [0.1, 0.15) is 0 Å². The molecule has 5 heteroatoms. The first kappa shape index (κ1) is 10.6. The summed E-state index contributed by atoms with van der Waals surface area (Å²) in [7, 11) is 0. The van der Waals surface area contributed by atoms with Crippen molar-refractivity contribution >= 4 is 11.9 Å². The largest absolute Gasteiger partial charge is 0.481 e. The molecule has 1 saturated carbocycles. The van der Waals surface area contributed by atoms with Gasteiger partial charge in [-0.3, -0.25) is 14.6 Å². The van der Waals surface area contributed by atoms with Gasteiger partial charge in [0.25, 0.3) is 5.91 Å². The summed E-state index contributed by atoms with van der Waals surface area (Å²) in [6.45, 7) is 0. The van der Waals surface area contributed by atoms with E-state index < -0.39 is 5.97 Å². The predicted octanol–water partition coefficient (Wildman–Crippen LogP) is 0.675. The Bertz CT molecular complexity index is 399. The van der Waals surface area contributed by atoms with Crippen molar-refractivity contribution in [3.05, 3.63) is 30.1 Å². The molecular weight excluding hydrogens is 208 g/mol. The highest BCUT2D eigenvalue weighted by atomic mass is 16.4. The molecule has 0 bridgehead atoms. The van der Waals surface area contributed by atoms with E-state index in [1.165, 1.54) is 6.20 Å². The topological polar surface area (TPSA) is 79.3 Å². The third kappa shape index (κ3) is 2.18. The number of nitrogens with one attached hydrogen (secondary N) is 1. The summed E-state index contributed by atoms with van der Waals surface area (Å²) in [5, 5.41) is 11.5. The van der Waals surface area contributed by atoms with Gasteiger partial charge in [-0.1, -0.05) is 0 Å². The SMILES string of the molecule is O=C(NC1CC(C(=O)O)C1)c1cccnc1. The van der Waals surface area contributed by atoms with E-state index in [0.717, 1.165) is 0 Å². The van der Waals surface area contributed by atoms with E-state index in [2.05, 4.69) is 10.3 Å². The highest BCUT2D eigenvalue weighted by Gasteiger charge is 2.35. The van der Waals surface area contributed by atoms with Gasteiger partial charge in [0, 0.05) is 18.4 Å². The Morgan fingerprint density at radius 3 is 2.75 bits per heavy atom. The molecule has 0 aliphatic heterocycles. The minimum atomic E-state index is -0.785. The number of rotatable bonds is 3. The molecule has 0 spiro atoms. The molecule has 16 heavy (non-hydrogen) atoms. The molecule has 0 radical (unpaired) electrons. The van der Waals surface area contributed by atoms with Crippen LogP contribution in [-0.4, -0.2) is 28.0 Å². The van der Waals surface area contributed by atoms with E-state index in [4.69, 9.17) is 5.11 Å². The van der Waals surface area contributed by atoms with Crippen LogP contribution in [0.4, 0.5) is 0 Å². The van der Waals surface area contributed by atoms with Gasteiger partial charge in [-0.15, -0.1) is 0 Å². The predicted molar refractivity (Wildman–Crippen MR) is 55.9 cm³/mol. The third-order valence-corrected chi connectivity index (χ3v) is 2.75. The minimum Gasteiger partial charge on any atom is -0.481 e. The summed E-state index contributed by atoms with van der Waals surface area (Å²) in [6, 6.07) is 3.35. The van der Waals surface area contributed by atoms with Crippen molar-refractivity contribution in [1.82, 2.24) is 10.3 Å². The van der Waals surface area contributed by atoms with Gasteiger partial charge < -0.3 is 10.4 Å². The van der Waals surface area contributed by atoms with Gasteiger partial charge in [-0.2, -0.15) is 0 Å². The first-order valence-electron chi connectivity index (χ1n) is 5.10. The number of amides is 1. The zero-order valence-corrected chi connectivity index (χ0v) is 8.59. The van der Waals surface area contributed by atoms with Crippen LogP contribution < -0.4 is 5.32 Å². The smallest absolute Gasteiger partial charge is 0.306 e. The number of nitrogens with zero attached hydrogens (tertiary/aromatic N) is 1. The lowest BCUT2D eigenvalue weighted by atomic mass is 9.80. The molecule has 0 saturated heterocycles. The van der Waals surface area contributed by atoms with Crippen LogP contribution in [0.2, 0.25) is 0 Å². The maximum absolute atomic E-state index is 11.6. The number of hydrogen-bond acceptors (Lipinski definition) is 3. The van der Waals surface area contributed by atoms with Gasteiger partial charge in [-0.05, 0) is 25.0 Å². The van der Waals surface area contributed by atoms with Crippen LogP contribution >= 0.6 is 0 Å². The Hall–Kier alpha value is -1.91. The highest BCUT2D eigenvalue weighted by Crippen LogP contribution is 2.27. The van der Waals surface area contributed by atoms with Crippen LogP contribution in [0.15, 0.2) is 24.5 Å². The van der Waals surface area contributed by atoms with Gasteiger partial charge in [0.15, 0.2) is 0 Å². The lowest BCUT2D eigenvalue weighted by molar-refractivity contribution is -0.145. The fraction of sp³-hybridized carbons (Fsp3) is 0.364. The average molecular weight is 220 g/mol. The number of carboxylic acids is 1. The van der Waals surface area contributed by atoms with E-state index in [9.17, 15) is 9.59 Å². The first-order valence-corrected chi connectivity index (χ1v) is 5.10. The Morgan fingerprint density at radius 1 is 1.44 bits per heavy atom. The molecular formula is C11H12N2O3. The van der Waals surface area contributed by atoms with Crippen LogP contribution in [0, 0.1) is 5.92 Å². The van der Waals surface area contributed by atoms with Crippen LogP contribution in [-0.2, 0) is 4.79 Å². The molecule has 2 N–H and O–H groups in total. The lowest BCUT2D eigenvalue weighted by Crippen LogP contribution is -2.46. The molecule has 1 fully saturated rings. The standard InChI is InChI=1S/C11H12N2O3/c14-10(7-2-1-3-12-6-7)13-9-4-8(5-9)11(15)16/h1-3,6,8-9H,4-5H2,(H,13,14)(H,15,16). The molecule has 0 atom stereocenters. The van der Waals surface area contributed by atoms with Crippen molar-refractivity contribution in [1.29, 1.82) is 0 Å². The molecule has 84 valence electrons. The maximum atomic E-state index is 11.6. The Kier molecular flexibility index (Phi) is 2.85. The van der Waals surface area contributed by atoms with E-state index in [1.807, 2.05) is 0 Å². The molecule has 0 aromatic carbocycles. The third-order valence-electron chi connectivity index (χ3n) is 2.75. The molecule has 1 heterocycles. The first-order chi connectivity index (χ1) is 7.66. The summed E-state index contributed by atoms with van der Waals surface area (Å²) < 4.78 is 0. The Morgan fingerprint density at radius 2 is 2.19 bits per heavy atom. The molecule has 1 amide bonds. The highest BCUT2D eigenvalue weighted by molar-refractivity contribution is 5.94. The molecule has 0 unspecified atom stereocenters. The number of carboxylic acid groups (broad SMARTS) is 1. The molecule has 5 nitrogen and oxygen atoms in total. The number of carbonyl (C=O) groups is 2. The molecule has 1 aromatic heterocycles. The van der Waals surface area contributed by atoms with Crippen molar-refractivity contribution in [3.8, 4) is 0 Å². The van der Waals surface area contributed by atoms with E-state index >= 15 is 0 Å². The molecule has 2 rings (SSSR count). The van der Waals surface area contributed by atoms with Crippen molar-refractivity contribution in [2.24, 2.45) is 5.92 Å². The monoisotopic (exact) mass is 220 g/mol. The van der Waals surface area contributed by atoms with E-state index in [-0.39, 0.29) is 17.9 Å². The van der Waals surface area contributed by atoms with Crippen molar-refractivity contribution < 1.29 is 14.7 Å². The number of aromatic nitrogens is 1. The Balaban J connectivity index is 1.84. The van der Waals surface area contributed by atoms with Gasteiger partial charge >= 0.3 is 5.97 Å². The quantitative estimate of drug-likeness (QED) is 0.784. The lowest BCUT2D eigenvalue weighted by Gasteiger charge is -2.32. The summed E-state index contributed by atoms with van der Waals surface area (Å²) in [4.78, 5) is 26.0. The van der Waals surface area contributed by atoms with E-state index in [0.29, 0.717) is 18.4 Å². The van der Waals surface area contributed by atoms with Gasteiger partial charge in [0.05, 0.1) is 11.5 Å². The average Bonchev–Trinajstić information content (AvgIpc) is 2.23. The molecule has 1 aliphatic carbocycles. The molecule has 1 aromatic rings. The second-order valence-corrected chi connectivity index (χ2v) is 3.92. The normalized spacial score (nSPS) is 23.2. The number of hydrogen-bond donors (Lipinski definition) is 2. The van der Waals surface area contributed by atoms with Gasteiger partial charge in [-0.25, -0.2) is 0 Å². The summed E-state index contributed by atoms with van der Waals surface area (Å²) >= 11 is 0. The zero-order chi connectivity index (χ0) is 11.5. The fourth-order valence-corrected chi connectivity index (χ4v) is 1.70. The minimum absolute atomic E-state index is 0.0196. The molecule has 1 aliphatic rings. The Labute approximate surface area is 92.5 Å². The summed E-state index contributed by atoms with van der Waals surface area (Å²) in [5.74, 6) is -1.28. The number of pyridine rings is 1. The summed E-state index contributed by atoms with van der Waals surface area (Å²) in [5.41, 5.74) is 0.501. The van der Waals surface area contributed by atoms with Crippen LogP contribution in [0.25, 0.3) is 0 Å². The number of carbonyl (C=O) groups excluding carboxylic acids is 1.